The average Bonchev–Trinajstić information content (AvgIpc) is 2.29. The fourth-order valence-electron chi connectivity index (χ4n) is 1.92. The van der Waals surface area contributed by atoms with E-state index in [0.717, 1.165) is 0 Å². The lowest BCUT2D eigenvalue weighted by atomic mass is 9.99. The van der Waals surface area contributed by atoms with Crippen molar-refractivity contribution in [2.75, 3.05) is 35.0 Å². The van der Waals surface area contributed by atoms with E-state index in [1.54, 1.807) is 7.11 Å². The third kappa shape index (κ3) is 2.71. The molecular formula is C10H20O6. The molecule has 2 unspecified atom stereocenters. The molecule has 1 aliphatic heterocycles. The second-order valence-electron chi connectivity index (χ2n) is 3.63. The van der Waals surface area contributed by atoms with Crippen LogP contribution in [0, 0.1) is 0 Å². The Morgan fingerprint density at radius 1 is 1.00 bits per heavy atom. The fraction of sp³-hybridized carbons (Fsp3) is 1.00. The van der Waals surface area contributed by atoms with Gasteiger partial charge in [0.2, 0.25) is 0 Å². The van der Waals surface area contributed by atoms with E-state index < -0.39 is 24.6 Å². The van der Waals surface area contributed by atoms with Crippen LogP contribution in [-0.2, 0) is 23.7 Å². The first-order chi connectivity index (χ1) is 7.69. The molecule has 0 bridgehead atoms. The van der Waals surface area contributed by atoms with Crippen molar-refractivity contribution in [3.63, 3.8) is 0 Å². The molecule has 0 amide bonds. The van der Waals surface area contributed by atoms with Crippen LogP contribution in [-0.4, -0.2) is 70.9 Å². The highest BCUT2D eigenvalue weighted by Gasteiger charge is 2.46. The summed E-state index contributed by atoms with van der Waals surface area (Å²) in [5.41, 5.74) is 0. The molecule has 6 heteroatoms. The Morgan fingerprint density at radius 3 is 2.06 bits per heavy atom. The van der Waals surface area contributed by atoms with Gasteiger partial charge in [0.25, 0.3) is 0 Å². The van der Waals surface area contributed by atoms with E-state index in [4.69, 9.17) is 23.7 Å². The van der Waals surface area contributed by atoms with Gasteiger partial charge in [-0.15, -0.1) is 0 Å². The second-order valence-corrected chi connectivity index (χ2v) is 3.63. The van der Waals surface area contributed by atoms with Crippen molar-refractivity contribution in [3.05, 3.63) is 0 Å². The van der Waals surface area contributed by atoms with Crippen molar-refractivity contribution >= 4 is 0 Å². The van der Waals surface area contributed by atoms with Crippen LogP contribution in [0.4, 0.5) is 0 Å². The predicted molar refractivity (Wildman–Crippen MR) is 55.1 cm³/mol. The maximum Gasteiger partial charge on any atom is 0.186 e. The lowest BCUT2D eigenvalue weighted by Crippen LogP contribution is -2.60. The van der Waals surface area contributed by atoms with Gasteiger partial charge < -0.3 is 28.8 Å². The second kappa shape index (κ2) is 6.48. The molecular weight excluding hydrogens is 216 g/mol. The highest BCUT2D eigenvalue weighted by atomic mass is 16.7. The molecule has 0 aromatic carbocycles. The molecule has 0 saturated carbocycles. The molecule has 1 heterocycles. The van der Waals surface area contributed by atoms with Gasteiger partial charge in [0, 0.05) is 28.4 Å². The van der Waals surface area contributed by atoms with Crippen molar-refractivity contribution in [1.29, 1.82) is 0 Å². The van der Waals surface area contributed by atoms with Crippen LogP contribution in [0.3, 0.4) is 0 Å². The van der Waals surface area contributed by atoms with Gasteiger partial charge >= 0.3 is 0 Å². The molecule has 1 aliphatic rings. The molecule has 0 aromatic heterocycles. The average molecular weight is 236 g/mol. The molecule has 16 heavy (non-hydrogen) atoms. The van der Waals surface area contributed by atoms with E-state index in [1.807, 2.05) is 0 Å². The van der Waals surface area contributed by atoms with Crippen LogP contribution < -0.4 is 0 Å². The van der Waals surface area contributed by atoms with E-state index in [9.17, 15) is 5.11 Å². The summed E-state index contributed by atoms with van der Waals surface area (Å²) in [6, 6.07) is 0. The standard InChI is InChI=1S/C10H20O6/c1-12-5-6-8(13-2)7(11)9(14-3)10(15-4)16-6/h6-11H,5H2,1-4H3/t6?,7-,8-,9?,10-/m1/s1. The molecule has 1 N–H and O–H groups in total. The zero-order valence-corrected chi connectivity index (χ0v) is 10.1. The first kappa shape index (κ1) is 13.8. The summed E-state index contributed by atoms with van der Waals surface area (Å²) in [5.74, 6) is 0. The summed E-state index contributed by atoms with van der Waals surface area (Å²) in [6.07, 6.45) is -2.86. The molecule has 6 nitrogen and oxygen atoms in total. The number of ether oxygens (including phenoxy) is 5. The summed E-state index contributed by atoms with van der Waals surface area (Å²) in [4.78, 5) is 0. The number of hydrogen-bond donors (Lipinski definition) is 1. The minimum atomic E-state index is -0.811. The van der Waals surface area contributed by atoms with Gasteiger partial charge in [-0.3, -0.25) is 0 Å². The Hall–Kier alpha value is -0.240. The molecule has 1 fully saturated rings. The highest BCUT2D eigenvalue weighted by Crippen LogP contribution is 2.25. The number of hydrogen-bond acceptors (Lipinski definition) is 6. The molecule has 1 rings (SSSR count). The zero-order valence-electron chi connectivity index (χ0n) is 10.1. The van der Waals surface area contributed by atoms with Crippen LogP contribution in [0.1, 0.15) is 0 Å². The van der Waals surface area contributed by atoms with Crippen LogP contribution in [0.2, 0.25) is 0 Å². The van der Waals surface area contributed by atoms with Gasteiger partial charge in [-0.2, -0.15) is 0 Å². The molecule has 1 saturated heterocycles. The monoisotopic (exact) mass is 236 g/mol. The minimum Gasteiger partial charge on any atom is -0.387 e. The van der Waals surface area contributed by atoms with Gasteiger partial charge in [-0.1, -0.05) is 0 Å². The van der Waals surface area contributed by atoms with Crippen molar-refractivity contribution in [3.8, 4) is 0 Å². The number of aliphatic hydroxyl groups is 1. The van der Waals surface area contributed by atoms with Crippen LogP contribution in [0.25, 0.3) is 0 Å². The maximum absolute atomic E-state index is 10.1. The van der Waals surface area contributed by atoms with E-state index >= 15 is 0 Å². The van der Waals surface area contributed by atoms with Crippen molar-refractivity contribution in [2.45, 2.75) is 30.7 Å². The van der Waals surface area contributed by atoms with Gasteiger partial charge in [0.1, 0.15) is 24.4 Å². The Morgan fingerprint density at radius 2 is 1.62 bits per heavy atom. The van der Waals surface area contributed by atoms with Crippen molar-refractivity contribution in [2.24, 2.45) is 0 Å². The van der Waals surface area contributed by atoms with Gasteiger partial charge in [0.15, 0.2) is 6.29 Å². The summed E-state index contributed by atoms with van der Waals surface area (Å²) in [7, 11) is 6.07. The van der Waals surface area contributed by atoms with Gasteiger partial charge in [-0.25, -0.2) is 0 Å². The Kier molecular flexibility index (Phi) is 5.60. The molecule has 0 aliphatic carbocycles. The van der Waals surface area contributed by atoms with E-state index in [0.29, 0.717) is 6.61 Å². The minimum absolute atomic E-state index is 0.325. The zero-order chi connectivity index (χ0) is 12.1. The van der Waals surface area contributed by atoms with E-state index in [2.05, 4.69) is 0 Å². The summed E-state index contributed by atoms with van der Waals surface area (Å²) < 4.78 is 26.1. The molecule has 0 aromatic rings. The van der Waals surface area contributed by atoms with Crippen LogP contribution >= 0.6 is 0 Å². The largest absolute Gasteiger partial charge is 0.387 e. The molecule has 0 spiro atoms. The van der Waals surface area contributed by atoms with E-state index in [1.165, 1.54) is 21.3 Å². The summed E-state index contributed by atoms with van der Waals surface area (Å²) in [6.45, 7) is 0.325. The predicted octanol–water partition coefficient (Wildman–Crippen LogP) is -0.605. The van der Waals surface area contributed by atoms with E-state index in [-0.39, 0.29) is 6.10 Å². The third-order valence-electron chi connectivity index (χ3n) is 2.72. The fourth-order valence-corrected chi connectivity index (χ4v) is 1.92. The summed E-state index contributed by atoms with van der Waals surface area (Å²) >= 11 is 0. The smallest absolute Gasteiger partial charge is 0.186 e. The number of methoxy groups -OCH3 is 4. The Labute approximate surface area is 95.4 Å². The SMILES string of the molecule is COCC1O[C@@H](OC)C(OC)[C@H](O)[C@@H]1OC. The van der Waals surface area contributed by atoms with Crippen LogP contribution in [0.5, 0.6) is 0 Å². The molecule has 0 radical (unpaired) electrons. The Bertz CT molecular complexity index is 198. The maximum atomic E-state index is 10.1. The first-order valence-electron chi connectivity index (χ1n) is 5.10. The lowest BCUT2D eigenvalue weighted by molar-refractivity contribution is -0.303. The number of aliphatic hydroxyl groups excluding tert-OH is 1. The van der Waals surface area contributed by atoms with Gasteiger partial charge in [-0.05, 0) is 0 Å². The van der Waals surface area contributed by atoms with Crippen LogP contribution in [0.15, 0.2) is 0 Å². The van der Waals surface area contributed by atoms with Crippen molar-refractivity contribution < 1.29 is 28.8 Å². The normalized spacial score (nSPS) is 39.9. The Balaban J connectivity index is 2.75. The first-order valence-corrected chi connectivity index (χ1v) is 5.10. The third-order valence-corrected chi connectivity index (χ3v) is 2.72. The molecule has 96 valence electrons. The lowest BCUT2D eigenvalue weighted by Gasteiger charge is -2.42. The quantitative estimate of drug-likeness (QED) is 0.687. The number of rotatable bonds is 5. The molecule has 5 atom stereocenters. The topological polar surface area (TPSA) is 66.4 Å². The van der Waals surface area contributed by atoms with Gasteiger partial charge in [0.05, 0.1) is 6.61 Å². The van der Waals surface area contributed by atoms with Crippen molar-refractivity contribution in [1.82, 2.24) is 0 Å². The summed E-state index contributed by atoms with van der Waals surface area (Å²) in [5, 5.41) is 10.1. The highest BCUT2D eigenvalue weighted by molar-refractivity contribution is 4.90.